The summed E-state index contributed by atoms with van der Waals surface area (Å²) >= 11 is 1.53. The average Bonchev–Trinajstić information content (AvgIpc) is 3.12. The van der Waals surface area contributed by atoms with Crippen molar-refractivity contribution in [2.24, 2.45) is 10.9 Å². The van der Waals surface area contributed by atoms with Gasteiger partial charge in [-0.3, -0.25) is 9.59 Å². The fourth-order valence-electron chi connectivity index (χ4n) is 3.66. The standard InChI is InChI=1S/C20H18N2O2S/c1-25-18-8-3-2-5-16(18)20(24)21-12-9-10-14-13-6-4-7-15(13)19(23)22-17(14)11-12/h2-3,5,8-11,14H,4,6-7H2,1H3,(H,22,23). The minimum atomic E-state index is -0.261. The van der Waals surface area contributed by atoms with Gasteiger partial charge >= 0.3 is 0 Å². The summed E-state index contributed by atoms with van der Waals surface area (Å²) in [5.74, 6) is -0.130. The van der Waals surface area contributed by atoms with E-state index in [4.69, 9.17) is 0 Å². The lowest BCUT2D eigenvalue weighted by Gasteiger charge is -2.28. The molecule has 1 aromatic carbocycles. The summed E-state index contributed by atoms with van der Waals surface area (Å²) in [7, 11) is 0. The van der Waals surface area contributed by atoms with E-state index in [0.29, 0.717) is 11.3 Å². The maximum absolute atomic E-state index is 12.5. The molecule has 1 N–H and O–H groups in total. The highest BCUT2D eigenvalue weighted by Crippen LogP contribution is 2.39. The normalized spacial score (nSPS) is 23.2. The SMILES string of the molecule is CSc1ccccc1C(=O)N=C1C=CC2C(=C1)NC(=O)C1=C2CCC1. The zero-order chi connectivity index (χ0) is 17.4. The zero-order valence-corrected chi connectivity index (χ0v) is 14.7. The first kappa shape index (κ1) is 16.1. The maximum Gasteiger partial charge on any atom is 0.278 e. The molecule has 1 aromatic rings. The fraction of sp³-hybridized carbons (Fsp3) is 0.250. The van der Waals surface area contributed by atoms with Crippen LogP contribution < -0.4 is 5.32 Å². The van der Waals surface area contributed by atoms with Crippen LogP contribution in [0.15, 0.2) is 69.2 Å². The summed E-state index contributed by atoms with van der Waals surface area (Å²) in [4.78, 5) is 29.9. The predicted octanol–water partition coefficient (Wildman–Crippen LogP) is 3.67. The molecule has 0 radical (unpaired) electrons. The van der Waals surface area contributed by atoms with Crippen LogP contribution in [0.5, 0.6) is 0 Å². The fourth-order valence-corrected chi connectivity index (χ4v) is 4.25. The Labute approximate surface area is 150 Å². The van der Waals surface area contributed by atoms with Gasteiger partial charge < -0.3 is 5.32 Å². The van der Waals surface area contributed by atoms with Crippen molar-refractivity contribution >= 4 is 29.3 Å². The first-order valence-corrected chi connectivity index (χ1v) is 9.59. The van der Waals surface area contributed by atoms with Crippen LogP contribution in [0, 0.1) is 5.92 Å². The number of thioether (sulfide) groups is 1. The second-order valence-electron chi connectivity index (χ2n) is 6.29. The van der Waals surface area contributed by atoms with E-state index in [1.807, 2.05) is 42.7 Å². The molecular formula is C20H18N2O2S. The van der Waals surface area contributed by atoms with Crippen molar-refractivity contribution in [1.29, 1.82) is 0 Å². The van der Waals surface area contributed by atoms with Gasteiger partial charge in [-0.1, -0.05) is 18.2 Å². The third kappa shape index (κ3) is 2.89. The number of hydrogen-bond donors (Lipinski definition) is 1. The summed E-state index contributed by atoms with van der Waals surface area (Å²) in [5.41, 5.74) is 4.18. The van der Waals surface area contributed by atoms with Gasteiger partial charge in [0.15, 0.2) is 0 Å². The van der Waals surface area contributed by atoms with Crippen molar-refractivity contribution in [3.63, 3.8) is 0 Å². The summed E-state index contributed by atoms with van der Waals surface area (Å²) in [6.07, 6.45) is 10.6. The number of carbonyl (C=O) groups is 2. The highest BCUT2D eigenvalue weighted by molar-refractivity contribution is 7.98. The van der Waals surface area contributed by atoms with E-state index >= 15 is 0 Å². The van der Waals surface area contributed by atoms with E-state index in [1.165, 1.54) is 17.3 Å². The number of aliphatic imine (C=N–C) groups is 1. The van der Waals surface area contributed by atoms with Crippen LogP contribution >= 0.6 is 11.8 Å². The van der Waals surface area contributed by atoms with E-state index in [1.54, 1.807) is 6.07 Å². The topological polar surface area (TPSA) is 58.5 Å². The molecular weight excluding hydrogens is 332 g/mol. The number of hydrogen-bond acceptors (Lipinski definition) is 3. The molecule has 0 saturated heterocycles. The molecule has 2 aliphatic carbocycles. The number of nitrogens with one attached hydrogen (secondary N) is 1. The van der Waals surface area contributed by atoms with Gasteiger partial charge in [-0.25, -0.2) is 4.99 Å². The highest BCUT2D eigenvalue weighted by atomic mass is 32.2. The van der Waals surface area contributed by atoms with Crippen LogP contribution in [0.4, 0.5) is 0 Å². The van der Waals surface area contributed by atoms with Crippen molar-refractivity contribution in [2.75, 3.05) is 6.26 Å². The van der Waals surface area contributed by atoms with Gasteiger partial charge in [0.1, 0.15) is 0 Å². The molecule has 0 fully saturated rings. The van der Waals surface area contributed by atoms with E-state index < -0.39 is 0 Å². The quantitative estimate of drug-likeness (QED) is 0.828. The monoisotopic (exact) mass is 350 g/mol. The molecule has 4 rings (SSSR count). The Morgan fingerprint density at radius 1 is 1.28 bits per heavy atom. The number of rotatable bonds is 2. The summed E-state index contributed by atoms with van der Waals surface area (Å²) in [6.45, 7) is 0. The molecule has 0 aromatic heterocycles. The van der Waals surface area contributed by atoms with Crippen LogP contribution in [0.1, 0.15) is 29.6 Å². The Kier molecular flexibility index (Phi) is 4.17. The zero-order valence-electron chi connectivity index (χ0n) is 13.9. The van der Waals surface area contributed by atoms with Crippen molar-refractivity contribution in [3.8, 4) is 0 Å². The Hall–Kier alpha value is -2.40. The minimum Gasteiger partial charge on any atom is -0.325 e. The van der Waals surface area contributed by atoms with Crippen molar-refractivity contribution in [1.82, 2.24) is 5.32 Å². The van der Waals surface area contributed by atoms with Gasteiger partial charge in [-0.2, -0.15) is 0 Å². The Balaban J connectivity index is 1.64. The Morgan fingerprint density at radius 3 is 2.96 bits per heavy atom. The Morgan fingerprint density at radius 2 is 2.12 bits per heavy atom. The molecule has 126 valence electrons. The molecule has 1 aliphatic heterocycles. The van der Waals surface area contributed by atoms with E-state index in [-0.39, 0.29) is 17.7 Å². The molecule has 0 bridgehead atoms. The maximum atomic E-state index is 12.5. The van der Waals surface area contributed by atoms with Crippen LogP contribution in [-0.4, -0.2) is 23.8 Å². The van der Waals surface area contributed by atoms with Gasteiger partial charge in [-0.05, 0) is 55.4 Å². The minimum absolute atomic E-state index is 0.00343. The van der Waals surface area contributed by atoms with Crippen LogP contribution in [0.25, 0.3) is 0 Å². The van der Waals surface area contributed by atoms with Crippen LogP contribution in [0.2, 0.25) is 0 Å². The second kappa shape index (κ2) is 6.48. The second-order valence-corrected chi connectivity index (χ2v) is 7.14. The van der Waals surface area contributed by atoms with Crippen LogP contribution in [-0.2, 0) is 4.79 Å². The van der Waals surface area contributed by atoms with Crippen molar-refractivity contribution in [3.05, 3.63) is 64.9 Å². The molecule has 1 atom stereocenters. The molecule has 3 aliphatic rings. The van der Waals surface area contributed by atoms with Crippen molar-refractivity contribution in [2.45, 2.75) is 24.2 Å². The molecule has 2 amide bonds. The molecule has 25 heavy (non-hydrogen) atoms. The van der Waals surface area contributed by atoms with Gasteiger partial charge in [0.05, 0.1) is 11.3 Å². The summed E-state index contributed by atoms with van der Waals surface area (Å²) in [5, 5.41) is 2.97. The van der Waals surface area contributed by atoms with Gasteiger partial charge in [-0.15, -0.1) is 11.8 Å². The average molecular weight is 350 g/mol. The Bertz CT molecular complexity index is 893. The van der Waals surface area contributed by atoms with Crippen molar-refractivity contribution < 1.29 is 9.59 Å². The third-order valence-corrected chi connectivity index (χ3v) is 5.63. The molecule has 4 nitrogen and oxygen atoms in total. The van der Waals surface area contributed by atoms with E-state index in [0.717, 1.165) is 35.4 Å². The third-order valence-electron chi connectivity index (χ3n) is 4.83. The number of benzene rings is 1. The predicted molar refractivity (Wildman–Crippen MR) is 99.7 cm³/mol. The number of carbonyl (C=O) groups excluding carboxylic acids is 2. The highest BCUT2D eigenvalue weighted by Gasteiger charge is 2.34. The summed E-state index contributed by atoms with van der Waals surface area (Å²) in [6, 6.07) is 7.46. The van der Waals surface area contributed by atoms with Gasteiger partial charge in [0.2, 0.25) is 0 Å². The lowest BCUT2D eigenvalue weighted by atomic mass is 9.85. The first-order chi connectivity index (χ1) is 12.2. The largest absolute Gasteiger partial charge is 0.325 e. The van der Waals surface area contributed by atoms with E-state index in [2.05, 4.69) is 10.3 Å². The number of fused-ring (bicyclic) bond motifs is 2. The molecule has 0 spiro atoms. The van der Waals surface area contributed by atoms with Gasteiger partial charge in [0.25, 0.3) is 11.8 Å². The number of amides is 2. The van der Waals surface area contributed by atoms with Gasteiger partial charge in [0, 0.05) is 22.1 Å². The first-order valence-electron chi connectivity index (χ1n) is 8.36. The molecule has 1 unspecified atom stereocenters. The van der Waals surface area contributed by atoms with Crippen LogP contribution in [0.3, 0.4) is 0 Å². The lowest BCUT2D eigenvalue weighted by molar-refractivity contribution is -0.117. The smallest absolute Gasteiger partial charge is 0.278 e. The summed E-state index contributed by atoms with van der Waals surface area (Å²) < 4.78 is 0. The van der Waals surface area contributed by atoms with E-state index in [9.17, 15) is 9.59 Å². The lowest BCUT2D eigenvalue weighted by Crippen LogP contribution is -2.35. The molecule has 0 saturated carbocycles. The number of allylic oxidation sites excluding steroid dienone is 3. The molecule has 5 heteroatoms. The molecule has 1 heterocycles. The number of nitrogens with zero attached hydrogens (tertiary/aromatic N) is 1.